The zero-order chi connectivity index (χ0) is 19.7. The van der Waals surface area contributed by atoms with E-state index in [4.69, 9.17) is 0 Å². The van der Waals surface area contributed by atoms with Crippen molar-refractivity contribution in [2.24, 2.45) is 28.3 Å². The zero-order valence-corrected chi connectivity index (χ0v) is 16.8. The Kier molecular flexibility index (Phi) is 4.86. The lowest BCUT2D eigenvalue weighted by Gasteiger charge is -2.56. The number of hydrogen-bond acceptors (Lipinski definition) is 3. The summed E-state index contributed by atoms with van der Waals surface area (Å²) in [5, 5.41) is 7.57. The number of carbonyl (C=O) groups excluding carboxylic acids is 1. The number of para-hydroxylation sites is 1. The van der Waals surface area contributed by atoms with Gasteiger partial charge in [-0.25, -0.2) is 5.43 Å². The van der Waals surface area contributed by atoms with Gasteiger partial charge in [-0.15, -0.1) is 0 Å². The highest BCUT2D eigenvalue weighted by Crippen LogP contribution is 2.61. The summed E-state index contributed by atoms with van der Waals surface area (Å²) in [7, 11) is 0. The first-order valence-corrected chi connectivity index (χ1v) is 10.9. The highest BCUT2D eigenvalue weighted by Gasteiger charge is 2.51. The summed E-state index contributed by atoms with van der Waals surface area (Å²) in [6.07, 6.45) is 10.4. The minimum Gasteiger partial charge on any atom is -0.356 e. The number of rotatable bonds is 6. The number of hydrazone groups is 1. The van der Waals surface area contributed by atoms with Crippen LogP contribution in [0.15, 0.2) is 59.7 Å². The van der Waals surface area contributed by atoms with E-state index in [2.05, 4.69) is 15.8 Å². The molecule has 0 atom stereocenters. The molecule has 0 spiro atoms. The van der Waals surface area contributed by atoms with Gasteiger partial charge in [-0.05, 0) is 91.5 Å². The Morgan fingerprint density at radius 3 is 2.10 bits per heavy atom. The number of nitrogens with one attached hydrogen (secondary N) is 2. The highest BCUT2D eigenvalue weighted by molar-refractivity contribution is 5.83. The van der Waals surface area contributed by atoms with Crippen molar-refractivity contribution >= 4 is 23.5 Å². The largest absolute Gasteiger partial charge is 0.356 e. The van der Waals surface area contributed by atoms with Crippen molar-refractivity contribution in [3.63, 3.8) is 0 Å². The number of anilines is 2. The molecule has 0 radical (unpaired) electrons. The van der Waals surface area contributed by atoms with Crippen molar-refractivity contribution < 1.29 is 4.79 Å². The molecule has 4 aliphatic carbocycles. The van der Waals surface area contributed by atoms with E-state index in [1.807, 2.05) is 54.6 Å². The third-order valence-corrected chi connectivity index (χ3v) is 7.08. The molecule has 6 rings (SSSR count). The molecule has 2 aromatic rings. The molecular formula is C25H29N3O. The smallest absolute Gasteiger partial charge is 0.240 e. The van der Waals surface area contributed by atoms with E-state index in [-0.39, 0.29) is 11.3 Å². The molecule has 4 fully saturated rings. The molecule has 29 heavy (non-hydrogen) atoms. The van der Waals surface area contributed by atoms with E-state index in [0.29, 0.717) is 6.42 Å². The molecule has 4 heteroatoms. The van der Waals surface area contributed by atoms with Gasteiger partial charge < -0.3 is 5.32 Å². The van der Waals surface area contributed by atoms with Crippen LogP contribution in [0, 0.1) is 23.2 Å². The first-order valence-electron chi connectivity index (χ1n) is 10.9. The van der Waals surface area contributed by atoms with Crippen LogP contribution in [-0.2, 0) is 4.79 Å². The van der Waals surface area contributed by atoms with Crippen LogP contribution in [0.2, 0.25) is 0 Å². The SMILES string of the molecule is O=C(CC12CC3CC(CC(C3)C1)C2)N/N=C\c1ccc(Nc2ccccc2)cc1. The predicted molar refractivity (Wildman–Crippen MR) is 117 cm³/mol. The fraction of sp³-hybridized carbons (Fsp3) is 0.440. The summed E-state index contributed by atoms with van der Waals surface area (Å²) >= 11 is 0. The van der Waals surface area contributed by atoms with Crippen molar-refractivity contribution in [3.8, 4) is 0 Å². The lowest BCUT2D eigenvalue weighted by Crippen LogP contribution is -2.47. The van der Waals surface area contributed by atoms with Crippen molar-refractivity contribution in [1.29, 1.82) is 0 Å². The summed E-state index contributed by atoms with van der Waals surface area (Å²) in [6.45, 7) is 0. The maximum atomic E-state index is 12.5. The molecule has 2 N–H and O–H groups in total. The van der Waals surface area contributed by atoms with Gasteiger partial charge in [0.05, 0.1) is 6.21 Å². The van der Waals surface area contributed by atoms with Crippen LogP contribution >= 0.6 is 0 Å². The van der Waals surface area contributed by atoms with Crippen LogP contribution < -0.4 is 10.7 Å². The zero-order valence-electron chi connectivity index (χ0n) is 16.8. The molecule has 0 saturated heterocycles. The Bertz CT molecular complexity index is 853. The van der Waals surface area contributed by atoms with E-state index < -0.39 is 0 Å². The van der Waals surface area contributed by atoms with Gasteiger partial charge in [-0.3, -0.25) is 4.79 Å². The Labute approximate surface area is 172 Å². The minimum atomic E-state index is 0.0746. The van der Waals surface area contributed by atoms with E-state index in [1.54, 1.807) is 6.21 Å². The van der Waals surface area contributed by atoms with Gasteiger partial charge >= 0.3 is 0 Å². The van der Waals surface area contributed by atoms with E-state index in [1.165, 1.54) is 38.5 Å². The van der Waals surface area contributed by atoms with E-state index in [9.17, 15) is 4.79 Å². The highest BCUT2D eigenvalue weighted by atomic mass is 16.2. The summed E-state index contributed by atoms with van der Waals surface area (Å²) in [5.74, 6) is 2.70. The maximum absolute atomic E-state index is 12.5. The Morgan fingerprint density at radius 1 is 0.897 bits per heavy atom. The second-order valence-electron chi connectivity index (χ2n) is 9.50. The molecule has 4 aliphatic rings. The fourth-order valence-electron chi connectivity index (χ4n) is 6.41. The summed E-state index contributed by atoms with van der Waals surface area (Å²) in [4.78, 5) is 12.5. The Morgan fingerprint density at radius 2 is 1.48 bits per heavy atom. The van der Waals surface area contributed by atoms with Gasteiger partial charge in [0.1, 0.15) is 0 Å². The average Bonchev–Trinajstić information content (AvgIpc) is 2.69. The predicted octanol–water partition coefficient (Wildman–Crippen LogP) is 5.49. The Balaban J connectivity index is 1.14. The molecule has 0 aliphatic heterocycles. The quantitative estimate of drug-likeness (QED) is 0.509. The second kappa shape index (κ2) is 7.66. The fourth-order valence-corrected chi connectivity index (χ4v) is 6.41. The molecule has 0 unspecified atom stereocenters. The summed E-state index contributed by atoms with van der Waals surface area (Å²) < 4.78 is 0. The van der Waals surface area contributed by atoms with Gasteiger partial charge in [0, 0.05) is 17.8 Å². The van der Waals surface area contributed by atoms with E-state index in [0.717, 1.165) is 34.7 Å². The molecule has 0 aromatic heterocycles. The normalized spacial score (nSPS) is 29.9. The van der Waals surface area contributed by atoms with Crippen LogP contribution in [0.25, 0.3) is 0 Å². The van der Waals surface area contributed by atoms with Crippen molar-refractivity contribution in [1.82, 2.24) is 5.43 Å². The van der Waals surface area contributed by atoms with Gasteiger partial charge in [0.2, 0.25) is 5.91 Å². The van der Waals surface area contributed by atoms with Crippen LogP contribution in [-0.4, -0.2) is 12.1 Å². The second-order valence-corrected chi connectivity index (χ2v) is 9.50. The lowest BCUT2D eigenvalue weighted by atomic mass is 9.49. The van der Waals surface area contributed by atoms with Crippen molar-refractivity contribution in [3.05, 3.63) is 60.2 Å². The maximum Gasteiger partial charge on any atom is 0.240 e. The lowest BCUT2D eigenvalue weighted by molar-refractivity contribution is -0.129. The Hall–Kier alpha value is -2.62. The molecule has 0 heterocycles. The van der Waals surface area contributed by atoms with Crippen molar-refractivity contribution in [2.75, 3.05) is 5.32 Å². The van der Waals surface area contributed by atoms with Gasteiger partial charge in [0.15, 0.2) is 0 Å². The molecule has 1 amide bonds. The minimum absolute atomic E-state index is 0.0746. The third kappa shape index (κ3) is 4.21. The van der Waals surface area contributed by atoms with Crippen LogP contribution in [0.5, 0.6) is 0 Å². The molecule has 4 bridgehead atoms. The van der Waals surface area contributed by atoms with Crippen molar-refractivity contribution in [2.45, 2.75) is 44.9 Å². The molecule has 4 saturated carbocycles. The average molecular weight is 388 g/mol. The molecule has 150 valence electrons. The first kappa shape index (κ1) is 18.4. The molecule has 4 nitrogen and oxygen atoms in total. The van der Waals surface area contributed by atoms with Crippen LogP contribution in [0.4, 0.5) is 11.4 Å². The number of amides is 1. The van der Waals surface area contributed by atoms with Crippen LogP contribution in [0.3, 0.4) is 0 Å². The standard InChI is InChI=1S/C25H29N3O/c29-24(16-25-13-19-10-20(14-25)12-21(11-19)15-25)28-26-17-18-6-8-23(9-7-18)27-22-4-2-1-3-5-22/h1-9,17,19-21,27H,10-16H2,(H,28,29)/b26-17-. The third-order valence-electron chi connectivity index (χ3n) is 7.08. The number of nitrogens with zero attached hydrogens (tertiary/aromatic N) is 1. The van der Waals surface area contributed by atoms with Gasteiger partial charge in [-0.2, -0.15) is 5.10 Å². The molecular weight excluding hydrogens is 358 g/mol. The number of carbonyl (C=O) groups is 1. The van der Waals surface area contributed by atoms with Gasteiger partial charge in [0.25, 0.3) is 0 Å². The monoisotopic (exact) mass is 387 g/mol. The summed E-state index contributed by atoms with van der Waals surface area (Å²) in [6, 6.07) is 18.1. The van der Waals surface area contributed by atoms with Gasteiger partial charge in [-0.1, -0.05) is 30.3 Å². The number of hydrogen-bond donors (Lipinski definition) is 2. The van der Waals surface area contributed by atoms with Crippen LogP contribution in [0.1, 0.15) is 50.5 Å². The summed E-state index contributed by atoms with van der Waals surface area (Å²) in [5.41, 5.74) is 6.10. The van der Waals surface area contributed by atoms with E-state index >= 15 is 0 Å². The number of benzene rings is 2. The first-order chi connectivity index (χ1) is 14.2. The topological polar surface area (TPSA) is 53.5 Å². The molecule has 2 aromatic carbocycles.